The topological polar surface area (TPSA) is 84.9 Å². The second-order valence-electron chi connectivity index (χ2n) is 7.09. The van der Waals surface area contributed by atoms with Crippen molar-refractivity contribution in [1.82, 2.24) is 5.32 Å². The Balaban J connectivity index is 2.09. The molecule has 0 aliphatic carbocycles. The highest BCUT2D eigenvalue weighted by Gasteiger charge is 2.31. The van der Waals surface area contributed by atoms with Gasteiger partial charge in [0, 0.05) is 6.07 Å². The number of sulfonamides is 1. The number of carbonyl (C=O) groups is 1. The van der Waals surface area contributed by atoms with E-state index < -0.39 is 16.1 Å². The van der Waals surface area contributed by atoms with Gasteiger partial charge in [0.15, 0.2) is 0 Å². The zero-order chi connectivity index (χ0) is 22.3. The monoisotopic (exact) mass is 434 g/mol. The Morgan fingerprint density at radius 3 is 2.53 bits per heavy atom. The van der Waals surface area contributed by atoms with Crippen LogP contribution in [-0.4, -0.2) is 46.9 Å². The number of nitrogens with one attached hydrogen (secondary N) is 1. The summed E-state index contributed by atoms with van der Waals surface area (Å²) in [6.45, 7) is 6.26. The normalized spacial score (nSPS) is 12.2. The molecule has 1 atom stereocenters. The van der Waals surface area contributed by atoms with Gasteiger partial charge in [-0.1, -0.05) is 25.1 Å². The molecule has 1 N–H and O–H groups in total. The molecule has 2 aromatic carbocycles. The lowest BCUT2D eigenvalue weighted by molar-refractivity contribution is -0.122. The van der Waals surface area contributed by atoms with E-state index in [9.17, 15) is 13.2 Å². The molecule has 0 fully saturated rings. The van der Waals surface area contributed by atoms with E-state index in [2.05, 4.69) is 5.32 Å². The fourth-order valence-electron chi connectivity index (χ4n) is 3.12. The van der Waals surface area contributed by atoms with E-state index in [1.54, 1.807) is 31.2 Å². The first-order chi connectivity index (χ1) is 14.2. The highest BCUT2D eigenvalue weighted by Crippen LogP contribution is 2.26. The molecule has 0 aliphatic rings. The number of amides is 1. The lowest BCUT2D eigenvalue weighted by Gasteiger charge is -2.30. The van der Waals surface area contributed by atoms with Crippen LogP contribution in [-0.2, 0) is 14.8 Å². The summed E-state index contributed by atoms with van der Waals surface area (Å²) in [5.74, 6) is 0.902. The molecule has 2 rings (SSSR count). The van der Waals surface area contributed by atoms with Gasteiger partial charge in [-0.2, -0.15) is 0 Å². The number of benzene rings is 2. The number of ether oxygens (including phenoxy) is 2. The summed E-state index contributed by atoms with van der Waals surface area (Å²) in [6, 6.07) is 11.7. The molecule has 1 unspecified atom stereocenters. The Bertz CT molecular complexity index is 975. The number of aryl methyl sites for hydroxylation is 2. The van der Waals surface area contributed by atoms with Crippen LogP contribution in [0.3, 0.4) is 0 Å². The van der Waals surface area contributed by atoms with Crippen molar-refractivity contribution >= 4 is 21.6 Å². The van der Waals surface area contributed by atoms with Crippen molar-refractivity contribution in [3.8, 4) is 11.5 Å². The highest BCUT2D eigenvalue weighted by atomic mass is 32.2. The van der Waals surface area contributed by atoms with Crippen molar-refractivity contribution in [3.05, 3.63) is 53.6 Å². The van der Waals surface area contributed by atoms with Crippen LogP contribution < -0.4 is 19.1 Å². The summed E-state index contributed by atoms with van der Waals surface area (Å²) in [4.78, 5) is 12.8. The van der Waals surface area contributed by atoms with Gasteiger partial charge in [0.2, 0.25) is 15.9 Å². The van der Waals surface area contributed by atoms with Crippen LogP contribution in [0.4, 0.5) is 5.69 Å². The van der Waals surface area contributed by atoms with Crippen molar-refractivity contribution in [2.75, 3.05) is 30.8 Å². The van der Waals surface area contributed by atoms with Crippen molar-refractivity contribution in [2.45, 2.75) is 33.2 Å². The van der Waals surface area contributed by atoms with E-state index in [4.69, 9.17) is 9.47 Å². The van der Waals surface area contributed by atoms with Crippen LogP contribution in [0.25, 0.3) is 0 Å². The third kappa shape index (κ3) is 6.13. The maximum atomic E-state index is 12.8. The average Bonchev–Trinajstić information content (AvgIpc) is 2.70. The first-order valence-corrected chi connectivity index (χ1v) is 11.6. The summed E-state index contributed by atoms with van der Waals surface area (Å²) in [5.41, 5.74) is 2.48. The highest BCUT2D eigenvalue weighted by molar-refractivity contribution is 7.92. The Morgan fingerprint density at radius 1 is 1.17 bits per heavy atom. The maximum Gasteiger partial charge on any atom is 0.244 e. The van der Waals surface area contributed by atoms with Gasteiger partial charge in [0.25, 0.3) is 0 Å². The first-order valence-electron chi connectivity index (χ1n) is 9.78. The summed E-state index contributed by atoms with van der Waals surface area (Å²) in [7, 11) is -2.19. The van der Waals surface area contributed by atoms with Crippen molar-refractivity contribution < 1.29 is 22.7 Å². The molecule has 0 bridgehead atoms. The van der Waals surface area contributed by atoms with E-state index in [1.807, 2.05) is 32.0 Å². The molecule has 0 saturated carbocycles. The third-order valence-corrected chi connectivity index (χ3v) is 5.82. The molecular weight excluding hydrogens is 404 g/mol. The number of hydrogen-bond donors (Lipinski definition) is 1. The quantitative estimate of drug-likeness (QED) is 0.581. The van der Waals surface area contributed by atoms with Gasteiger partial charge >= 0.3 is 0 Å². The molecule has 2 aromatic rings. The Labute approximate surface area is 179 Å². The smallest absolute Gasteiger partial charge is 0.244 e. The molecule has 0 radical (unpaired) electrons. The number of methoxy groups -OCH3 is 1. The lowest BCUT2D eigenvalue weighted by atomic mass is 10.1. The maximum absolute atomic E-state index is 12.8. The van der Waals surface area contributed by atoms with Gasteiger partial charge in [0.1, 0.15) is 24.1 Å². The number of rotatable bonds is 10. The van der Waals surface area contributed by atoms with Gasteiger partial charge in [-0.15, -0.1) is 0 Å². The molecule has 0 heterocycles. The molecule has 0 saturated heterocycles. The number of carbonyl (C=O) groups excluding carboxylic acids is 1. The zero-order valence-electron chi connectivity index (χ0n) is 18.1. The van der Waals surface area contributed by atoms with Crippen molar-refractivity contribution in [3.63, 3.8) is 0 Å². The van der Waals surface area contributed by atoms with Gasteiger partial charge < -0.3 is 14.8 Å². The minimum atomic E-state index is -3.70. The third-order valence-electron chi connectivity index (χ3n) is 4.64. The van der Waals surface area contributed by atoms with Gasteiger partial charge in [-0.3, -0.25) is 9.10 Å². The Hall–Kier alpha value is -2.74. The van der Waals surface area contributed by atoms with Gasteiger partial charge in [-0.05, 0) is 49.6 Å². The standard InChI is InChI=1S/C22H30N2O5S/c1-6-20(24(30(5,26)27)18-8-7-9-19(15-18)28-4)22(25)23-12-13-29-21-14-16(2)10-11-17(21)3/h7-11,14-15,20H,6,12-13H2,1-5H3,(H,23,25). The summed E-state index contributed by atoms with van der Waals surface area (Å²) < 4.78 is 37.1. The molecule has 0 spiro atoms. The molecule has 8 heteroatoms. The van der Waals surface area contributed by atoms with Crippen LogP contribution in [0.5, 0.6) is 11.5 Å². The summed E-state index contributed by atoms with van der Waals surface area (Å²) >= 11 is 0. The predicted molar refractivity (Wildman–Crippen MR) is 119 cm³/mol. The molecule has 0 aliphatic heterocycles. The van der Waals surface area contributed by atoms with E-state index in [0.29, 0.717) is 17.9 Å². The largest absolute Gasteiger partial charge is 0.497 e. The first kappa shape index (κ1) is 23.5. The lowest BCUT2D eigenvalue weighted by Crippen LogP contribution is -2.50. The molecule has 0 aromatic heterocycles. The number of nitrogens with zero attached hydrogens (tertiary/aromatic N) is 1. The zero-order valence-corrected chi connectivity index (χ0v) is 19.0. The van der Waals surface area contributed by atoms with Crippen molar-refractivity contribution in [2.24, 2.45) is 0 Å². The van der Waals surface area contributed by atoms with Crippen LogP contribution in [0.1, 0.15) is 24.5 Å². The minimum absolute atomic E-state index is 0.262. The summed E-state index contributed by atoms with van der Waals surface area (Å²) in [5, 5.41) is 2.79. The van der Waals surface area contributed by atoms with Crippen LogP contribution in [0.15, 0.2) is 42.5 Å². The number of anilines is 1. The molecular formula is C22H30N2O5S. The van der Waals surface area contributed by atoms with E-state index in [1.165, 1.54) is 7.11 Å². The fourth-order valence-corrected chi connectivity index (χ4v) is 4.33. The van der Waals surface area contributed by atoms with Gasteiger partial charge in [-0.25, -0.2) is 8.42 Å². The molecule has 30 heavy (non-hydrogen) atoms. The minimum Gasteiger partial charge on any atom is -0.497 e. The molecule has 7 nitrogen and oxygen atoms in total. The van der Waals surface area contributed by atoms with Crippen LogP contribution in [0.2, 0.25) is 0 Å². The van der Waals surface area contributed by atoms with Crippen LogP contribution in [0, 0.1) is 13.8 Å². The average molecular weight is 435 g/mol. The van der Waals surface area contributed by atoms with Crippen LogP contribution >= 0.6 is 0 Å². The molecule has 164 valence electrons. The second-order valence-corrected chi connectivity index (χ2v) is 8.95. The molecule has 1 amide bonds. The van der Waals surface area contributed by atoms with E-state index in [0.717, 1.165) is 27.4 Å². The van der Waals surface area contributed by atoms with Gasteiger partial charge in [0.05, 0.1) is 25.6 Å². The Morgan fingerprint density at radius 2 is 1.90 bits per heavy atom. The SMILES string of the molecule is CCC(C(=O)NCCOc1cc(C)ccc1C)N(c1cccc(OC)c1)S(C)(=O)=O. The second kappa shape index (κ2) is 10.3. The summed E-state index contributed by atoms with van der Waals surface area (Å²) in [6.07, 6.45) is 1.40. The number of hydrogen-bond acceptors (Lipinski definition) is 5. The van der Waals surface area contributed by atoms with E-state index in [-0.39, 0.29) is 19.1 Å². The van der Waals surface area contributed by atoms with E-state index >= 15 is 0 Å². The van der Waals surface area contributed by atoms with Crippen molar-refractivity contribution in [1.29, 1.82) is 0 Å². The predicted octanol–water partition coefficient (Wildman–Crippen LogP) is 3.05. The fraction of sp³-hybridized carbons (Fsp3) is 0.409. The Kier molecular flexibility index (Phi) is 8.11.